The quantitative estimate of drug-likeness (QED) is 0.622. The number of nitrogens with zero attached hydrogens (tertiary/aromatic N) is 4. The number of amides is 1. The number of thiazole rings is 1. The van der Waals surface area contributed by atoms with E-state index < -0.39 is 10.0 Å². The van der Waals surface area contributed by atoms with E-state index in [1.165, 1.54) is 5.01 Å². The molecule has 0 saturated carbocycles. The second kappa shape index (κ2) is 10.2. The van der Waals surface area contributed by atoms with Crippen LogP contribution in [0.15, 0.2) is 28.5 Å². The fourth-order valence-corrected chi connectivity index (χ4v) is 7.18. The Balaban J connectivity index is 1.28. The number of rotatable bonds is 6. The van der Waals surface area contributed by atoms with Gasteiger partial charge in [-0.1, -0.05) is 24.6 Å². The molecule has 1 aromatic heterocycles. The first-order valence-electron chi connectivity index (χ1n) is 11.8. The minimum absolute atomic E-state index is 0.0900. The molecule has 0 aliphatic carbocycles. The van der Waals surface area contributed by atoms with Crippen molar-refractivity contribution < 1.29 is 13.2 Å². The highest BCUT2D eigenvalue weighted by Gasteiger charge is 2.35. The summed E-state index contributed by atoms with van der Waals surface area (Å²) in [6.07, 6.45) is 2.14. The number of hydrogen-bond acceptors (Lipinski definition) is 6. The smallest absolute Gasteiger partial charge is 0.243 e. The average molecular weight is 491 g/mol. The molecule has 180 valence electrons. The van der Waals surface area contributed by atoms with Crippen molar-refractivity contribution in [2.45, 2.75) is 51.5 Å². The minimum atomic E-state index is -3.52. The first kappa shape index (κ1) is 24.3. The summed E-state index contributed by atoms with van der Waals surface area (Å²) in [5, 5.41) is 3.31. The standard InChI is InChI=1S/C24H34N4O3S2/c1-4-23-25-21(17-32-23)16-26-11-13-27(14-12-26)24(29)20-7-9-28(10-8-20)33(30,31)22-6-5-18(2)15-19(22)3/h5-6,15,17,20H,4,7-14,16H2,1-3H3. The van der Waals surface area contributed by atoms with Gasteiger partial charge in [-0.2, -0.15) is 4.31 Å². The Bertz CT molecular complexity index is 1080. The normalized spacial score (nSPS) is 19.2. The van der Waals surface area contributed by atoms with Crippen LogP contribution in [0.5, 0.6) is 0 Å². The summed E-state index contributed by atoms with van der Waals surface area (Å²) < 4.78 is 27.8. The molecule has 4 rings (SSSR count). The van der Waals surface area contributed by atoms with E-state index >= 15 is 0 Å². The molecule has 0 atom stereocenters. The maximum Gasteiger partial charge on any atom is 0.243 e. The van der Waals surface area contributed by atoms with Crippen molar-refractivity contribution in [3.63, 3.8) is 0 Å². The molecule has 0 unspecified atom stereocenters. The number of hydrogen-bond donors (Lipinski definition) is 0. The molecule has 2 aliphatic heterocycles. The van der Waals surface area contributed by atoms with Crippen LogP contribution in [0.2, 0.25) is 0 Å². The van der Waals surface area contributed by atoms with E-state index in [9.17, 15) is 13.2 Å². The number of benzene rings is 1. The summed E-state index contributed by atoms with van der Waals surface area (Å²) in [7, 11) is -3.52. The lowest BCUT2D eigenvalue weighted by atomic mass is 9.96. The third-order valence-corrected chi connectivity index (χ3v) is 9.82. The second-order valence-corrected chi connectivity index (χ2v) is 12.0. The molecule has 1 amide bonds. The molecule has 0 spiro atoms. The lowest BCUT2D eigenvalue weighted by Crippen LogP contribution is -2.51. The summed E-state index contributed by atoms with van der Waals surface area (Å²) in [6, 6.07) is 5.44. The van der Waals surface area contributed by atoms with Gasteiger partial charge in [0.25, 0.3) is 0 Å². The van der Waals surface area contributed by atoms with Gasteiger partial charge in [-0.3, -0.25) is 9.69 Å². The molecule has 0 N–H and O–H groups in total. The van der Waals surface area contributed by atoms with E-state index in [0.717, 1.165) is 56.0 Å². The van der Waals surface area contributed by atoms with Crippen LogP contribution < -0.4 is 0 Å². The van der Waals surface area contributed by atoms with Crippen molar-refractivity contribution in [1.29, 1.82) is 0 Å². The van der Waals surface area contributed by atoms with Crippen LogP contribution in [0, 0.1) is 19.8 Å². The highest BCUT2D eigenvalue weighted by atomic mass is 32.2. The highest BCUT2D eigenvalue weighted by molar-refractivity contribution is 7.89. The van der Waals surface area contributed by atoms with Crippen LogP contribution in [-0.2, 0) is 27.8 Å². The van der Waals surface area contributed by atoms with Crippen LogP contribution in [0.1, 0.15) is 41.6 Å². The zero-order valence-corrected chi connectivity index (χ0v) is 21.4. The van der Waals surface area contributed by atoms with Crippen LogP contribution in [0.25, 0.3) is 0 Å². The van der Waals surface area contributed by atoms with E-state index in [-0.39, 0.29) is 11.8 Å². The fourth-order valence-electron chi connectivity index (χ4n) is 4.77. The maximum atomic E-state index is 13.1. The second-order valence-electron chi connectivity index (χ2n) is 9.13. The van der Waals surface area contributed by atoms with E-state index in [1.54, 1.807) is 21.7 Å². The van der Waals surface area contributed by atoms with Gasteiger partial charge in [-0.05, 0) is 44.7 Å². The number of piperazine rings is 1. The molecule has 7 nitrogen and oxygen atoms in total. The topological polar surface area (TPSA) is 73.8 Å². The zero-order chi connectivity index (χ0) is 23.6. The number of aromatic nitrogens is 1. The van der Waals surface area contributed by atoms with Crippen molar-refractivity contribution in [3.05, 3.63) is 45.4 Å². The Morgan fingerprint density at radius 1 is 1.09 bits per heavy atom. The largest absolute Gasteiger partial charge is 0.340 e. The third-order valence-electron chi connectivity index (χ3n) is 6.72. The molecule has 3 heterocycles. The Morgan fingerprint density at radius 2 is 1.79 bits per heavy atom. The van der Waals surface area contributed by atoms with Gasteiger partial charge in [-0.15, -0.1) is 11.3 Å². The van der Waals surface area contributed by atoms with E-state index in [1.807, 2.05) is 30.9 Å². The van der Waals surface area contributed by atoms with Crippen molar-refractivity contribution in [2.75, 3.05) is 39.3 Å². The van der Waals surface area contributed by atoms with Gasteiger partial charge in [0.2, 0.25) is 15.9 Å². The maximum absolute atomic E-state index is 13.1. The minimum Gasteiger partial charge on any atom is -0.340 e. The molecule has 2 aliphatic rings. The molecule has 0 bridgehead atoms. The highest BCUT2D eigenvalue weighted by Crippen LogP contribution is 2.27. The summed E-state index contributed by atoms with van der Waals surface area (Å²) in [6.45, 7) is 10.7. The van der Waals surface area contributed by atoms with Gasteiger partial charge in [0.15, 0.2) is 0 Å². The predicted molar refractivity (Wildman–Crippen MR) is 131 cm³/mol. The average Bonchev–Trinajstić information content (AvgIpc) is 3.26. The predicted octanol–water partition coefficient (Wildman–Crippen LogP) is 3.07. The summed E-state index contributed by atoms with van der Waals surface area (Å²) in [5.74, 6) is 0.0907. The lowest BCUT2D eigenvalue weighted by molar-refractivity contribution is -0.138. The van der Waals surface area contributed by atoms with E-state index in [2.05, 4.69) is 22.2 Å². The van der Waals surface area contributed by atoms with Crippen LogP contribution in [-0.4, -0.2) is 72.7 Å². The Hall–Kier alpha value is -1.81. The first-order valence-corrected chi connectivity index (χ1v) is 14.1. The molecule has 2 saturated heterocycles. The van der Waals surface area contributed by atoms with Crippen molar-refractivity contribution in [2.24, 2.45) is 5.92 Å². The van der Waals surface area contributed by atoms with E-state index in [4.69, 9.17) is 0 Å². The number of carbonyl (C=O) groups excluding carboxylic acids is 1. The number of sulfonamides is 1. The molecule has 33 heavy (non-hydrogen) atoms. The van der Waals surface area contributed by atoms with Crippen LogP contribution in [0.3, 0.4) is 0 Å². The van der Waals surface area contributed by atoms with Gasteiger partial charge in [0.1, 0.15) is 0 Å². The Morgan fingerprint density at radius 3 is 2.39 bits per heavy atom. The Labute approximate surface area is 201 Å². The van der Waals surface area contributed by atoms with E-state index in [0.29, 0.717) is 30.8 Å². The molecule has 0 radical (unpaired) electrons. The Kier molecular flexibility index (Phi) is 7.53. The van der Waals surface area contributed by atoms with Crippen LogP contribution in [0.4, 0.5) is 0 Å². The number of aryl methyl sites for hydroxylation is 3. The van der Waals surface area contributed by atoms with Gasteiger partial charge >= 0.3 is 0 Å². The van der Waals surface area contributed by atoms with Crippen molar-refractivity contribution in [3.8, 4) is 0 Å². The molecule has 2 aromatic rings. The molecular formula is C24H34N4O3S2. The zero-order valence-electron chi connectivity index (χ0n) is 19.8. The monoisotopic (exact) mass is 490 g/mol. The number of piperidine rings is 1. The first-order chi connectivity index (χ1) is 15.8. The van der Waals surface area contributed by atoms with Gasteiger partial charge in [-0.25, -0.2) is 13.4 Å². The summed E-state index contributed by atoms with van der Waals surface area (Å²) in [4.78, 5) is 22.5. The van der Waals surface area contributed by atoms with Gasteiger partial charge in [0.05, 0.1) is 15.6 Å². The van der Waals surface area contributed by atoms with Crippen LogP contribution >= 0.6 is 11.3 Å². The molecular weight excluding hydrogens is 456 g/mol. The van der Waals surface area contributed by atoms with Crippen molar-refractivity contribution in [1.82, 2.24) is 19.1 Å². The molecule has 1 aromatic carbocycles. The summed E-state index contributed by atoms with van der Waals surface area (Å²) in [5.41, 5.74) is 2.94. The SMILES string of the molecule is CCc1nc(CN2CCN(C(=O)C3CCN(S(=O)(=O)c4ccc(C)cc4C)CC3)CC2)cs1. The molecule has 2 fully saturated rings. The van der Waals surface area contributed by atoms with Gasteiger partial charge < -0.3 is 4.90 Å². The summed E-state index contributed by atoms with van der Waals surface area (Å²) >= 11 is 1.71. The lowest BCUT2D eigenvalue weighted by Gasteiger charge is -2.38. The van der Waals surface area contributed by atoms with Gasteiger partial charge in [0, 0.05) is 57.1 Å². The number of carbonyl (C=O) groups is 1. The third kappa shape index (κ3) is 5.48. The fraction of sp³-hybridized carbons (Fsp3) is 0.583. The van der Waals surface area contributed by atoms with Crippen molar-refractivity contribution >= 4 is 27.3 Å². The molecule has 9 heteroatoms.